The first-order valence-corrected chi connectivity index (χ1v) is 8.68. The van der Waals surface area contributed by atoms with Crippen LogP contribution in [0.5, 0.6) is 11.5 Å². The van der Waals surface area contributed by atoms with E-state index in [1.807, 2.05) is 6.92 Å². The molecule has 150 valence electrons. The number of carbonyl (C=O) groups is 2. The molecule has 0 radical (unpaired) electrons. The molecule has 8 heteroatoms. The summed E-state index contributed by atoms with van der Waals surface area (Å²) in [6.45, 7) is 5.15. The van der Waals surface area contributed by atoms with E-state index in [0.717, 1.165) is 5.69 Å². The highest BCUT2D eigenvalue weighted by Crippen LogP contribution is 2.25. The van der Waals surface area contributed by atoms with Gasteiger partial charge < -0.3 is 19.5 Å². The molecule has 1 aromatic heterocycles. The molecule has 1 N–H and O–H groups in total. The van der Waals surface area contributed by atoms with Gasteiger partial charge in [-0.3, -0.25) is 9.48 Å². The number of aryl methyl sites for hydroxylation is 2. The van der Waals surface area contributed by atoms with Crippen LogP contribution in [-0.2, 0) is 21.4 Å². The molecule has 2 rings (SSSR count). The second-order valence-corrected chi connectivity index (χ2v) is 6.18. The average Bonchev–Trinajstić information content (AvgIpc) is 2.91. The van der Waals surface area contributed by atoms with E-state index < -0.39 is 18.0 Å². The Morgan fingerprint density at radius 1 is 1.21 bits per heavy atom. The Hall–Kier alpha value is -3.29. The van der Waals surface area contributed by atoms with Gasteiger partial charge in [-0.25, -0.2) is 4.79 Å². The predicted octanol–water partition coefficient (Wildman–Crippen LogP) is 2.64. The van der Waals surface area contributed by atoms with Crippen LogP contribution in [0.4, 0.5) is 5.69 Å². The molecule has 1 aromatic carbocycles. The standard InChI is InChI=1S/C20H25N3O5/c1-12-19(13(2)23(4)22-12)21-20(25)14(3)28-18(24)10-7-15-11-16(26-5)8-9-17(15)27-6/h7-11,14H,1-6H3,(H,21,25)/b10-7+/t14-/m0/s1. The molecule has 1 heterocycles. The number of anilines is 1. The van der Waals surface area contributed by atoms with Crippen molar-refractivity contribution in [1.29, 1.82) is 0 Å². The zero-order valence-corrected chi connectivity index (χ0v) is 16.9. The summed E-state index contributed by atoms with van der Waals surface area (Å²) in [4.78, 5) is 24.4. The van der Waals surface area contributed by atoms with Crippen molar-refractivity contribution >= 4 is 23.6 Å². The third-order valence-corrected chi connectivity index (χ3v) is 4.26. The van der Waals surface area contributed by atoms with Crippen LogP contribution in [-0.4, -0.2) is 42.0 Å². The van der Waals surface area contributed by atoms with Gasteiger partial charge in [0.25, 0.3) is 5.91 Å². The molecular weight excluding hydrogens is 362 g/mol. The molecule has 28 heavy (non-hydrogen) atoms. The minimum absolute atomic E-state index is 0.431. The zero-order valence-electron chi connectivity index (χ0n) is 16.9. The van der Waals surface area contributed by atoms with Crippen molar-refractivity contribution in [2.45, 2.75) is 26.9 Å². The summed E-state index contributed by atoms with van der Waals surface area (Å²) in [5, 5.41) is 6.99. The maximum Gasteiger partial charge on any atom is 0.331 e. The van der Waals surface area contributed by atoms with Crippen LogP contribution >= 0.6 is 0 Å². The molecule has 1 atom stereocenters. The number of hydrogen-bond acceptors (Lipinski definition) is 6. The molecule has 0 aliphatic rings. The number of amides is 1. The Labute approximate surface area is 164 Å². The van der Waals surface area contributed by atoms with Crippen molar-refractivity contribution in [3.8, 4) is 11.5 Å². The number of nitrogens with one attached hydrogen (secondary N) is 1. The van der Waals surface area contributed by atoms with E-state index in [0.29, 0.717) is 28.4 Å². The van der Waals surface area contributed by atoms with Crippen molar-refractivity contribution in [3.05, 3.63) is 41.2 Å². The van der Waals surface area contributed by atoms with E-state index in [-0.39, 0.29) is 0 Å². The van der Waals surface area contributed by atoms with Gasteiger partial charge in [-0.15, -0.1) is 0 Å². The van der Waals surface area contributed by atoms with Crippen molar-refractivity contribution in [2.24, 2.45) is 7.05 Å². The lowest BCUT2D eigenvalue weighted by atomic mass is 10.1. The summed E-state index contributed by atoms with van der Waals surface area (Å²) >= 11 is 0. The van der Waals surface area contributed by atoms with Gasteiger partial charge >= 0.3 is 5.97 Å². The lowest BCUT2D eigenvalue weighted by Crippen LogP contribution is -2.29. The molecule has 0 aliphatic carbocycles. The lowest BCUT2D eigenvalue weighted by Gasteiger charge is -2.12. The molecule has 0 saturated carbocycles. The third-order valence-electron chi connectivity index (χ3n) is 4.26. The molecule has 1 amide bonds. The summed E-state index contributed by atoms with van der Waals surface area (Å²) in [5.41, 5.74) is 2.77. The van der Waals surface area contributed by atoms with E-state index >= 15 is 0 Å². The number of ether oxygens (including phenoxy) is 3. The maximum absolute atomic E-state index is 12.3. The largest absolute Gasteiger partial charge is 0.497 e. The van der Waals surface area contributed by atoms with Gasteiger partial charge in [0.15, 0.2) is 6.10 Å². The fourth-order valence-electron chi connectivity index (χ4n) is 2.57. The Kier molecular flexibility index (Phi) is 6.81. The summed E-state index contributed by atoms with van der Waals surface area (Å²) < 4.78 is 17.3. The summed E-state index contributed by atoms with van der Waals surface area (Å²) in [7, 11) is 4.88. The lowest BCUT2D eigenvalue weighted by molar-refractivity contribution is -0.148. The van der Waals surface area contributed by atoms with Gasteiger partial charge in [0.2, 0.25) is 0 Å². The van der Waals surface area contributed by atoms with Gasteiger partial charge in [0.1, 0.15) is 11.5 Å². The van der Waals surface area contributed by atoms with Crippen LogP contribution < -0.4 is 14.8 Å². The zero-order chi connectivity index (χ0) is 20.8. The quantitative estimate of drug-likeness (QED) is 0.580. The summed E-state index contributed by atoms with van der Waals surface area (Å²) in [5.74, 6) is 0.133. The number of carbonyl (C=O) groups excluding carboxylic acids is 2. The van der Waals surface area contributed by atoms with E-state index in [4.69, 9.17) is 14.2 Å². The number of benzene rings is 1. The van der Waals surface area contributed by atoms with Crippen LogP contribution in [0.2, 0.25) is 0 Å². The Morgan fingerprint density at radius 3 is 2.50 bits per heavy atom. The van der Waals surface area contributed by atoms with Crippen LogP contribution in [0.25, 0.3) is 6.08 Å². The average molecular weight is 387 g/mol. The first-order chi connectivity index (χ1) is 13.3. The smallest absolute Gasteiger partial charge is 0.331 e. The van der Waals surface area contributed by atoms with Crippen LogP contribution in [0.1, 0.15) is 23.9 Å². The van der Waals surface area contributed by atoms with Gasteiger partial charge in [0, 0.05) is 18.7 Å². The fraction of sp³-hybridized carbons (Fsp3) is 0.350. The van der Waals surface area contributed by atoms with Crippen molar-refractivity contribution in [3.63, 3.8) is 0 Å². The van der Waals surface area contributed by atoms with Crippen molar-refractivity contribution in [1.82, 2.24) is 9.78 Å². The minimum atomic E-state index is -0.969. The van der Waals surface area contributed by atoms with Gasteiger partial charge in [-0.05, 0) is 45.0 Å². The molecule has 0 bridgehead atoms. The Morgan fingerprint density at radius 2 is 1.93 bits per heavy atom. The normalized spacial score (nSPS) is 11.9. The third kappa shape index (κ3) is 4.91. The highest BCUT2D eigenvalue weighted by atomic mass is 16.5. The van der Waals surface area contributed by atoms with Crippen molar-refractivity contribution in [2.75, 3.05) is 19.5 Å². The predicted molar refractivity (Wildman–Crippen MR) is 105 cm³/mol. The van der Waals surface area contributed by atoms with Crippen LogP contribution in [0.3, 0.4) is 0 Å². The Bertz CT molecular complexity index is 901. The number of hydrogen-bond donors (Lipinski definition) is 1. The first kappa shape index (κ1) is 21.0. The molecule has 0 unspecified atom stereocenters. The molecule has 0 aliphatic heterocycles. The topological polar surface area (TPSA) is 91.7 Å². The summed E-state index contributed by atoms with van der Waals surface area (Å²) in [6.07, 6.45) is 1.81. The second-order valence-electron chi connectivity index (χ2n) is 6.18. The highest BCUT2D eigenvalue weighted by molar-refractivity contribution is 5.97. The number of rotatable bonds is 7. The summed E-state index contributed by atoms with van der Waals surface area (Å²) in [6, 6.07) is 5.22. The van der Waals surface area contributed by atoms with Crippen LogP contribution in [0.15, 0.2) is 24.3 Å². The molecular formula is C20H25N3O5. The van der Waals surface area contributed by atoms with Crippen LogP contribution in [0, 0.1) is 13.8 Å². The Balaban J connectivity index is 2.02. The fourth-order valence-corrected chi connectivity index (χ4v) is 2.57. The number of nitrogens with zero attached hydrogens (tertiary/aromatic N) is 2. The van der Waals surface area contributed by atoms with Gasteiger partial charge in [0.05, 0.1) is 31.3 Å². The maximum atomic E-state index is 12.3. The second kappa shape index (κ2) is 9.07. The van der Waals surface area contributed by atoms with E-state index in [2.05, 4.69) is 10.4 Å². The van der Waals surface area contributed by atoms with Gasteiger partial charge in [-0.2, -0.15) is 5.10 Å². The van der Waals surface area contributed by atoms with Gasteiger partial charge in [-0.1, -0.05) is 0 Å². The first-order valence-electron chi connectivity index (χ1n) is 8.68. The molecule has 8 nitrogen and oxygen atoms in total. The SMILES string of the molecule is COc1ccc(OC)c(/C=C/C(=O)O[C@@H](C)C(=O)Nc2c(C)nn(C)c2C)c1. The van der Waals surface area contributed by atoms with E-state index in [1.54, 1.807) is 50.0 Å². The molecule has 2 aromatic rings. The van der Waals surface area contributed by atoms with E-state index in [9.17, 15) is 9.59 Å². The number of aromatic nitrogens is 2. The van der Waals surface area contributed by atoms with Crippen molar-refractivity contribution < 1.29 is 23.8 Å². The number of esters is 1. The molecule has 0 saturated heterocycles. The minimum Gasteiger partial charge on any atom is -0.497 e. The number of methoxy groups -OCH3 is 2. The highest BCUT2D eigenvalue weighted by Gasteiger charge is 2.20. The van der Waals surface area contributed by atoms with E-state index in [1.165, 1.54) is 20.1 Å². The molecule has 0 spiro atoms. The molecule has 0 fully saturated rings. The monoisotopic (exact) mass is 387 g/mol.